The summed E-state index contributed by atoms with van der Waals surface area (Å²) in [5.74, 6) is 0. The van der Waals surface area contributed by atoms with E-state index in [-0.39, 0.29) is 12.6 Å². The van der Waals surface area contributed by atoms with Crippen molar-refractivity contribution >= 4 is 18.0 Å². The minimum absolute atomic E-state index is 0.0767. The predicted octanol–water partition coefficient (Wildman–Crippen LogP) is 1.83. The van der Waals surface area contributed by atoms with Gasteiger partial charge in [-0.05, 0) is 25.5 Å². The summed E-state index contributed by atoms with van der Waals surface area (Å²) < 4.78 is 0. The number of carbonyl (C=O) groups is 2. The van der Waals surface area contributed by atoms with Crippen molar-refractivity contribution in [3.63, 3.8) is 0 Å². The van der Waals surface area contributed by atoms with Gasteiger partial charge >= 0.3 is 6.03 Å². The third-order valence-electron chi connectivity index (χ3n) is 2.95. The number of nitrogens with zero attached hydrogens (tertiary/aromatic N) is 2. The molecular formula is C13H16N2O2. The fourth-order valence-electron chi connectivity index (χ4n) is 2.01. The van der Waals surface area contributed by atoms with Crippen LogP contribution in [0.3, 0.4) is 0 Å². The largest absolute Gasteiger partial charge is 0.324 e. The van der Waals surface area contributed by atoms with E-state index >= 15 is 0 Å². The number of hydrogen-bond acceptors (Lipinski definition) is 2. The molecule has 0 N–H and O–H groups in total. The molecule has 1 saturated heterocycles. The first kappa shape index (κ1) is 11.6. The molecule has 0 atom stereocenters. The van der Waals surface area contributed by atoms with E-state index in [0.29, 0.717) is 6.54 Å². The number of amides is 2. The molecule has 0 radical (unpaired) electrons. The van der Waals surface area contributed by atoms with Crippen LogP contribution in [0, 0.1) is 6.92 Å². The minimum Gasteiger partial charge on any atom is -0.317 e. The Balaban J connectivity index is 2.17. The standard InChI is InChI=1S/C13H16N2O2/c1-11-3-5-12(6-4-11)15-8-2-7-14(9-10-16)13(15)17/h3-6,10H,2,7-9H2,1H3. The SMILES string of the molecule is Cc1ccc(N2CCCN(CC=O)C2=O)cc1. The molecule has 4 heteroatoms. The summed E-state index contributed by atoms with van der Waals surface area (Å²) in [5, 5.41) is 0. The first-order chi connectivity index (χ1) is 8.22. The van der Waals surface area contributed by atoms with Gasteiger partial charge in [-0.2, -0.15) is 0 Å². The highest BCUT2D eigenvalue weighted by molar-refractivity contribution is 5.93. The average Bonchev–Trinajstić information content (AvgIpc) is 2.34. The highest BCUT2D eigenvalue weighted by Crippen LogP contribution is 2.20. The van der Waals surface area contributed by atoms with Crippen LogP contribution in [0.5, 0.6) is 0 Å². The minimum atomic E-state index is -0.0767. The van der Waals surface area contributed by atoms with Crippen LogP contribution in [-0.4, -0.2) is 36.9 Å². The van der Waals surface area contributed by atoms with Crippen LogP contribution in [0.15, 0.2) is 24.3 Å². The summed E-state index contributed by atoms with van der Waals surface area (Å²) in [6, 6.07) is 7.78. The van der Waals surface area contributed by atoms with Crippen LogP contribution < -0.4 is 4.90 Å². The molecule has 90 valence electrons. The maximum Gasteiger partial charge on any atom is 0.324 e. The second kappa shape index (κ2) is 4.99. The number of benzene rings is 1. The number of rotatable bonds is 3. The van der Waals surface area contributed by atoms with Crippen molar-refractivity contribution < 1.29 is 9.59 Å². The molecule has 1 aliphatic rings. The van der Waals surface area contributed by atoms with Crippen molar-refractivity contribution in [1.82, 2.24) is 4.90 Å². The molecule has 1 fully saturated rings. The van der Waals surface area contributed by atoms with Crippen molar-refractivity contribution in [2.24, 2.45) is 0 Å². The van der Waals surface area contributed by atoms with Gasteiger partial charge in [-0.15, -0.1) is 0 Å². The van der Waals surface area contributed by atoms with Gasteiger partial charge < -0.3 is 9.69 Å². The number of urea groups is 1. The van der Waals surface area contributed by atoms with Crippen molar-refractivity contribution in [3.05, 3.63) is 29.8 Å². The van der Waals surface area contributed by atoms with Crippen LogP contribution in [-0.2, 0) is 4.79 Å². The Bertz CT molecular complexity index is 414. The van der Waals surface area contributed by atoms with Crippen LogP contribution in [0.4, 0.5) is 10.5 Å². The molecule has 4 nitrogen and oxygen atoms in total. The maximum atomic E-state index is 12.1. The van der Waals surface area contributed by atoms with Gasteiger partial charge in [-0.25, -0.2) is 4.79 Å². The van der Waals surface area contributed by atoms with Crippen LogP contribution >= 0.6 is 0 Å². The Labute approximate surface area is 101 Å². The summed E-state index contributed by atoms with van der Waals surface area (Å²) in [6.07, 6.45) is 1.67. The average molecular weight is 232 g/mol. The fourth-order valence-corrected chi connectivity index (χ4v) is 2.01. The van der Waals surface area contributed by atoms with Crippen molar-refractivity contribution in [3.8, 4) is 0 Å². The Morgan fingerprint density at radius 3 is 2.59 bits per heavy atom. The van der Waals surface area contributed by atoms with Gasteiger partial charge in [0.1, 0.15) is 6.29 Å². The van der Waals surface area contributed by atoms with Gasteiger partial charge in [0.15, 0.2) is 0 Å². The molecule has 17 heavy (non-hydrogen) atoms. The molecule has 1 aliphatic heterocycles. The Hall–Kier alpha value is -1.84. The molecule has 0 spiro atoms. The zero-order valence-corrected chi connectivity index (χ0v) is 9.93. The van der Waals surface area contributed by atoms with Crippen LogP contribution in [0.2, 0.25) is 0 Å². The van der Waals surface area contributed by atoms with E-state index in [0.717, 1.165) is 24.9 Å². The second-order valence-electron chi connectivity index (χ2n) is 4.24. The quantitative estimate of drug-likeness (QED) is 0.746. The first-order valence-electron chi connectivity index (χ1n) is 5.79. The number of anilines is 1. The lowest BCUT2D eigenvalue weighted by Gasteiger charge is -2.34. The molecular weight excluding hydrogens is 216 g/mol. The van der Waals surface area contributed by atoms with E-state index in [4.69, 9.17) is 0 Å². The second-order valence-corrected chi connectivity index (χ2v) is 4.24. The van der Waals surface area contributed by atoms with E-state index in [2.05, 4.69) is 0 Å². The summed E-state index contributed by atoms with van der Waals surface area (Å²) in [5.41, 5.74) is 2.07. The predicted molar refractivity (Wildman–Crippen MR) is 66.2 cm³/mol. The number of hydrogen-bond donors (Lipinski definition) is 0. The topological polar surface area (TPSA) is 40.6 Å². The first-order valence-corrected chi connectivity index (χ1v) is 5.79. The van der Waals surface area contributed by atoms with E-state index in [9.17, 15) is 9.59 Å². The lowest BCUT2D eigenvalue weighted by atomic mass is 10.2. The summed E-state index contributed by atoms with van der Waals surface area (Å²) >= 11 is 0. The van der Waals surface area contributed by atoms with Crippen molar-refractivity contribution in [1.29, 1.82) is 0 Å². The molecule has 0 unspecified atom stereocenters. The molecule has 0 aromatic heterocycles. The van der Waals surface area contributed by atoms with Crippen LogP contribution in [0.25, 0.3) is 0 Å². The lowest BCUT2D eigenvalue weighted by Crippen LogP contribution is -2.50. The van der Waals surface area contributed by atoms with Gasteiger partial charge in [0.05, 0.1) is 6.54 Å². The van der Waals surface area contributed by atoms with E-state index in [1.165, 1.54) is 5.56 Å². The van der Waals surface area contributed by atoms with E-state index < -0.39 is 0 Å². The summed E-state index contributed by atoms with van der Waals surface area (Å²) in [7, 11) is 0. The lowest BCUT2D eigenvalue weighted by molar-refractivity contribution is -0.108. The molecule has 1 aromatic rings. The Kier molecular flexibility index (Phi) is 3.42. The van der Waals surface area contributed by atoms with Gasteiger partial charge in [0.2, 0.25) is 0 Å². The van der Waals surface area contributed by atoms with Gasteiger partial charge in [0, 0.05) is 18.8 Å². The van der Waals surface area contributed by atoms with E-state index in [1.807, 2.05) is 31.2 Å². The van der Waals surface area contributed by atoms with Crippen molar-refractivity contribution in [2.45, 2.75) is 13.3 Å². The molecule has 2 rings (SSSR count). The van der Waals surface area contributed by atoms with Gasteiger partial charge in [-0.1, -0.05) is 17.7 Å². The number of carbonyl (C=O) groups excluding carboxylic acids is 2. The van der Waals surface area contributed by atoms with Gasteiger partial charge in [0.25, 0.3) is 0 Å². The maximum absolute atomic E-state index is 12.1. The molecule has 0 saturated carbocycles. The third kappa shape index (κ3) is 2.46. The molecule has 0 bridgehead atoms. The van der Waals surface area contributed by atoms with E-state index in [1.54, 1.807) is 9.80 Å². The zero-order chi connectivity index (χ0) is 12.3. The van der Waals surface area contributed by atoms with Crippen molar-refractivity contribution in [2.75, 3.05) is 24.5 Å². The molecule has 2 amide bonds. The highest BCUT2D eigenvalue weighted by atomic mass is 16.2. The van der Waals surface area contributed by atoms with Crippen LogP contribution in [0.1, 0.15) is 12.0 Å². The zero-order valence-electron chi connectivity index (χ0n) is 9.93. The Morgan fingerprint density at radius 1 is 1.24 bits per heavy atom. The summed E-state index contributed by atoms with van der Waals surface area (Å²) in [4.78, 5) is 25.9. The normalized spacial score (nSPS) is 16.2. The fraction of sp³-hybridized carbons (Fsp3) is 0.385. The molecule has 1 aromatic carbocycles. The van der Waals surface area contributed by atoms with Gasteiger partial charge in [-0.3, -0.25) is 4.90 Å². The number of aldehydes is 1. The molecule has 0 aliphatic carbocycles. The third-order valence-corrected chi connectivity index (χ3v) is 2.95. The monoisotopic (exact) mass is 232 g/mol. The smallest absolute Gasteiger partial charge is 0.317 e. The number of aryl methyl sites for hydroxylation is 1. The highest BCUT2D eigenvalue weighted by Gasteiger charge is 2.25. The molecule has 1 heterocycles. The Morgan fingerprint density at radius 2 is 1.94 bits per heavy atom. The summed E-state index contributed by atoms with van der Waals surface area (Å²) in [6.45, 7) is 3.58.